The van der Waals surface area contributed by atoms with Crippen LogP contribution in [0, 0.1) is 5.92 Å². The van der Waals surface area contributed by atoms with E-state index in [1.54, 1.807) is 4.90 Å². The Kier molecular flexibility index (Phi) is 15.6. The highest BCUT2D eigenvalue weighted by molar-refractivity contribution is 5.69. The van der Waals surface area contributed by atoms with E-state index in [-0.39, 0.29) is 11.6 Å². The molecule has 0 radical (unpaired) electrons. The molecule has 0 aromatic carbocycles. The molecule has 0 spiro atoms. The molecule has 1 saturated heterocycles. The van der Waals surface area contributed by atoms with Crippen LogP contribution in [0.25, 0.3) is 0 Å². The number of rotatable bonds is 18. The van der Waals surface area contributed by atoms with E-state index >= 15 is 0 Å². The van der Waals surface area contributed by atoms with Crippen molar-refractivity contribution < 1.29 is 14.4 Å². The predicted octanol–water partition coefficient (Wildman–Crippen LogP) is 6.49. The topological polar surface area (TPSA) is 30.7 Å². The number of unbranched alkanes of at least 4 members (excludes halogenated alkanes) is 14. The molecule has 1 N–H and O–H groups in total. The monoisotopic (exact) mass is 424 g/mol. The Labute approximate surface area is 188 Å². The van der Waals surface area contributed by atoms with Gasteiger partial charge in [-0.15, -0.1) is 0 Å². The van der Waals surface area contributed by atoms with Crippen molar-refractivity contribution in [1.82, 2.24) is 0 Å². The Morgan fingerprint density at radius 2 is 1.17 bits per heavy atom. The first-order chi connectivity index (χ1) is 14.5. The van der Waals surface area contributed by atoms with Crippen molar-refractivity contribution in [1.29, 1.82) is 0 Å². The Balaban J connectivity index is 1.89. The molecule has 3 heteroatoms. The standard InChI is InChI=1S/C27H53NO2/c1-5-6-7-8-9-10-11-12-13-14-15-16-17-18-19-20-26(29)30-27(2,3)25-21-23-28(4)24-22-25/h25H,5-24H2,1-4H3/p+1. The summed E-state index contributed by atoms with van der Waals surface area (Å²) in [6.07, 6.45) is 23.3. The number of ether oxygens (including phenoxy) is 1. The van der Waals surface area contributed by atoms with Gasteiger partial charge in [0.2, 0.25) is 0 Å². The Hall–Kier alpha value is -0.570. The van der Waals surface area contributed by atoms with E-state index in [0.717, 1.165) is 6.42 Å². The molecule has 0 atom stereocenters. The third-order valence-corrected chi connectivity index (χ3v) is 7.18. The summed E-state index contributed by atoms with van der Waals surface area (Å²) in [6, 6.07) is 0. The molecule has 1 fully saturated rings. The quantitative estimate of drug-likeness (QED) is 0.201. The molecule has 0 amide bonds. The largest absolute Gasteiger partial charge is 0.459 e. The van der Waals surface area contributed by atoms with Crippen molar-refractivity contribution in [3.8, 4) is 0 Å². The van der Waals surface area contributed by atoms with Crippen molar-refractivity contribution in [2.24, 2.45) is 5.92 Å². The summed E-state index contributed by atoms with van der Waals surface area (Å²) in [6.45, 7) is 8.91. The van der Waals surface area contributed by atoms with Gasteiger partial charge in [-0.2, -0.15) is 0 Å². The number of carbonyl (C=O) groups excluding carboxylic acids is 1. The fourth-order valence-electron chi connectivity index (χ4n) is 4.87. The predicted molar refractivity (Wildman–Crippen MR) is 129 cm³/mol. The number of hydrogen-bond acceptors (Lipinski definition) is 2. The fourth-order valence-corrected chi connectivity index (χ4v) is 4.87. The van der Waals surface area contributed by atoms with E-state index in [4.69, 9.17) is 4.74 Å². The maximum absolute atomic E-state index is 12.3. The van der Waals surface area contributed by atoms with Crippen LogP contribution in [0.5, 0.6) is 0 Å². The average Bonchev–Trinajstić information content (AvgIpc) is 2.71. The van der Waals surface area contributed by atoms with Gasteiger partial charge in [0, 0.05) is 25.2 Å². The molecule has 1 aliphatic heterocycles. The highest BCUT2D eigenvalue weighted by atomic mass is 16.6. The van der Waals surface area contributed by atoms with Crippen LogP contribution in [0.1, 0.15) is 136 Å². The van der Waals surface area contributed by atoms with Crippen molar-refractivity contribution >= 4 is 5.97 Å². The van der Waals surface area contributed by atoms with Crippen LogP contribution in [0.2, 0.25) is 0 Å². The van der Waals surface area contributed by atoms with Crippen molar-refractivity contribution in [2.45, 2.75) is 142 Å². The molecule has 3 nitrogen and oxygen atoms in total. The lowest BCUT2D eigenvalue weighted by Crippen LogP contribution is -3.10. The van der Waals surface area contributed by atoms with E-state index < -0.39 is 0 Å². The minimum atomic E-state index is -0.298. The minimum absolute atomic E-state index is 0.0148. The number of piperidine rings is 1. The van der Waals surface area contributed by atoms with Gasteiger partial charge < -0.3 is 9.64 Å². The van der Waals surface area contributed by atoms with Gasteiger partial charge in [0.05, 0.1) is 20.1 Å². The second kappa shape index (κ2) is 17.0. The van der Waals surface area contributed by atoms with E-state index in [1.165, 1.54) is 116 Å². The molecule has 0 bridgehead atoms. The molecule has 0 saturated carbocycles. The molecule has 1 aliphatic rings. The van der Waals surface area contributed by atoms with Crippen LogP contribution in [-0.4, -0.2) is 31.7 Å². The summed E-state index contributed by atoms with van der Waals surface area (Å²) in [5.74, 6) is 0.534. The van der Waals surface area contributed by atoms with Crippen molar-refractivity contribution in [3.05, 3.63) is 0 Å². The summed E-state index contributed by atoms with van der Waals surface area (Å²) in [5, 5.41) is 0. The normalized spacial score (nSPS) is 19.7. The zero-order valence-electron chi connectivity index (χ0n) is 21.0. The maximum atomic E-state index is 12.3. The second-order valence-electron chi connectivity index (χ2n) is 10.5. The number of carbonyl (C=O) groups is 1. The molecule has 0 aliphatic carbocycles. The van der Waals surface area contributed by atoms with Crippen molar-refractivity contribution in [3.63, 3.8) is 0 Å². The zero-order chi connectivity index (χ0) is 22.1. The fraction of sp³-hybridized carbons (Fsp3) is 0.963. The summed E-state index contributed by atoms with van der Waals surface area (Å²) >= 11 is 0. The van der Waals surface area contributed by atoms with E-state index in [9.17, 15) is 4.79 Å². The van der Waals surface area contributed by atoms with Gasteiger partial charge in [-0.3, -0.25) is 4.79 Å². The zero-order valence-corrected chi connectivity index (χ0v) is 21.0. The number of hydrogen-bond donors (Lipinski definition) is 1. The highest BCUT2D eigenvalue weighted by Gasteiger charge is 2.36. The van der Waals surface area contributed by atoms with Crippen LogP contribution in [-0.2, 0) is 9.53 Å². The van der Waals surface area contributed by atoms with Gasteiger partial charge in [-0.25, -0.2) is 0 Å². The second-order valence-corrected chi connectivity index (χ2v) is 10.5. The summed E-state index contributed by atoms with van der Waals surface area (Å²) in [7, 11) is 2.26. The third kappa shape index (κ3) is 13.7. The summed E-state index contributed by atoms with van der Waals surface area (Å²) < 4.78 is 5.88. The van der Waals surface area contributed by atoms with E-state index in [2.05, 4.69) is 27.8 Å². The lowest BCUT2D eigenvalue weighted by Gasteiger charge is -2.37. The van der Waals surface area contributed by atoms with Gasteiger partial charge in [0.15, 0.2) is 0 Å². The van der Waals surface area contributed by atoms with Gasteiger partial charge in [0.25, 0.3) is 0 Å². The van der Waals surface area contributed by atoms with Gasteiger partial charge in [-0.1, -0.05) is 96.8 Å². The molecular formula is C27H54NO2+. The molecular weight excluding hydrogens is 370 g/mol. The molecule has 1 rings (SSSR count). The van der Waals surface area contributed by atoms with Crippen LogP contribution in [0.4, 0.5) is 0 Å². The van der Waals surface area contributed by atoms with Crippen LogP contribution < -0.4 is 4.90 Å². The Morgan fingerprint density at radius 3 is 1.60 bits per heavy atom. The number of likely N-dealkylation sites (tertiary alicyclic amines) is 1. The summed E-state index contributed by atoms with van der Waals surface area (Å²) in [5.41, 5.74) is -0.298. The molecule has 178 valence electrons. The first-order valence-corrected chi connectivity index (χ1v) is 13.5. The lowest BCUT2D eigenvalue weighted by atomic mass is 9.83. The highest BCUT2D eigenvalue weighted by Crippen LogP contribution is 2.28. The van der Waals surface area contributed by atoms with Crippen molar-refractivity contribution in [2.75, 3.05) is 20.1 Å². The van der Waals surface area contributed by atoms with Gasteiger partial charge in [0.1, 0.15) is 5.60 Å². The Bertz CT molecular complexity index is 413. The van der Waals surface area contributed by atoms with Gasteiger partial charge >= 0.3 is 5.97 Å². The third-order valence-electron chi connectivity index (χ3n) is 7.18. The first kappa shape index (κ1) is 27.5. The lowest BCUT2D eigenvalue weighted by molar-refractivity contribution is -0.886. The van der Waals surface area contributed by atoms with E-state index in [0.29, 0.717) is 12.3 Å². The van der Waals surface area contributed by atoms with Gasteiger partial charge in [-0.05, 0) is 20.3 Å². The Morgan fingerprint density at radius 1 is 0.767 bits per heavy atom. The van der Waals surface area contributed by atoms with Crippen LogP contribution in [0.3, 0.4) is 0 Å². The van der Waals surface area contributed by atoms with Crippen LogP contribution >= 0.6 is 0 Å². The SMILES string of the molecule is CCCCCCCCCCCCCCCCCC(=O)OC(C)(C)C1CC[NH+](C)CC1. The molecule has 0 aromatic heterocycles. The molecule has 30 heavy (non-hydrogen) atoms. The minimum Gasteiger partial charge on any atom is -0.459 e. The first-order valence-electron chi connectivity index (χ1n) is 13.5. The molecule has 0 aromatic rings. The molecule has 1 heterocycles. The molecule has 0 unspecified atom stereocenters. The maximum Gasteiger partial charge on any atom is 0.306 e. The summed E-state index contributed by atoms with van der Waals surface area (Å²) in [4.78, 5) is 13.9. The van der Waals surface area contributed by atoms with E-state index in [1.807, 2.05) is 0 Å². The smallest absolute Gasteiger partial charge is 0.306 e. The average molecular weight is 425 g/mol. The number of quaternary nitrogens is 1. The number of nitrogens with one attached hydrogen (secondary N) is 1. The van der Waals surface area contributed by atoms with Crippen LogP contribution in [0.15, 0.2) is 0 Å². The number of esters is 1.